The maximum Gasteiger partial charge on any atom is 0.416 e. The van der Waals surface area contributed by atoms with E-state index < -0.39 is 11.7 Å². The van der Waals surface area contributed by atoms with Crippen molar-refractivity contribution in [1.29, 1.82) is 5.26 Å². The van der Waals surface area contributed by atoms with Crippen molar-refractivity contribution in [2.45, 2.75) is 13.1 Å². The third-order valence-electron chi connectivity index (χ3n) is 12.2. The number of aryl methyl sites for hydroxylation is 1. The Hall–Kier alpha value is -8.14. The first-order valence-electron chi connectivity index (χ1n) is 20.8. The van der Waals surface area contributed by atoms with Gasteiger partial charge in [0.2, 0.25) is 0 Å². The summed E-state index contributed by atoms with van der Waals surface area (Å²) in [6, 6.07) is 68.5. The van der Waals surface area contributed by atoms with Gasteiger partial charge in [-0.15, -0.1) is 0 Å². The van der Waals surface area contributed by atoms with Gasteiger partial charge in [-0.25, -0.2) is 0 Å². The van der Waals surface area contributed by atoms with E-state index in [1.54, 1.807) is 13.0 Å². The van der Waals surface area contributed by atoms with Crippen molar-refractivity contribution in [1.82, 2.24) is 9.13 Å². The van der Waals surface area contributed by atoms with Crippen LogP contribution in [0.2, 0.25) is 0 Å². The molecule has 0 aliphatic carbocycles. The van der Waals surface area contributed by atoms with Gasteiger partial charge in [-0.1, -0.05) is 133 Å². The molecule has 0 aliphatic heterocycles. The van der Waals surface area contributed by atoms with Gasteiger partial charge in [0.15, 0.2) is 0 Å². The molecule has 11 rings (SSSR count). The van der Waals surface area contributed by atoms with Gasteiger partial charge in [-0.3, -0.25) is 0 Å². The summed E-state index contributed by atoms with van der Waals surface area (Å²) in [6.07, 6.45) is -4.51. The average Bonchev–Trinajstić information content (AvgIpc) is 3.83. The molecule has 0 amide bonds. The topological polar surface area (TPSA) is 33.6 Å². The van der Waals surface area contributed by atoms with Crippen LogP contribution in [0.5, 0.6) is 0 Å². The van der Waals surface area contributed by atoms with Gasteiger partial charge in [0, 0.05) is 32.7 Å². The standard InChI is InChI=1S/C57H36F3N3/c1-36-28-43(31-44(29-36)57(58,59)60)42-21-25-48(56(34-42)63-52-19-11-9-17-46(52)50-33-41(23-27-54(50)63)39-14-6-3-7-15-39)47-24-20-37(35-61)30-55(47)62-51-18-10-8-16-45(51)49-32-40(22-26-53(49)62)38-12-4-2-5-13-38/h2-34H,1H3. The largest absolute Gasteiger partial charge is 0.416 e. The van der Waals surface area contributed by atoms with Crippen molar-refractivity contribution < 1.29 is 13.2 Å². The molecule has 300 valence electrons. The Morgan fingerprint density at radius 2 is 0.857 bits per heavy atom. The number of alkyl halides is 3. The van der Waals surface area contributed by atoms with E-state index >= 15 is 0 Å². The molecule has 2 heterocycles. The first-order valence-corrected chi connectivity index (χ1v) is 20.8. The highest BCUT2D eigenvalue weighted by Crippen LogP contribution is 2.44. The van der Waals surface area contributed by atoms with Crippen LogP contribution < -0.4 is 0 Å². The number of benzene rings is 9. The highest BCUT2D eigenvalue weighted by molar-refractivity contribution is 6.13. The molecule has 3 nitrogen and oxygen atoms in total. The first-order chi connectivity index (χ1) is 30.7. The van der Waals surface area contributed by atoms with Crippen LogP contribution in [0.15, 0.2) is 200 Å². The fourth-order valence-corrected chi connectivity index (χ4v) is 9.34. The average molecular weight is 820 g/mol. The second-order valence-corrected chi connectivity index (χ2v) is 16.1. The van der Waals surface area contributed by atoms with Crippen LogP contribution in [0.25, 0.3) is 99.5 Å². The van der Waals surface area contributed by atoms with Crippen LogP contribution in [0, 0.1) is 18.3 Å². The minimum Gasteiger partial charge on any atom is -0.309 e. The molecule has 0 radical (unpaired) electrons. The molecule has 0 unspecified atom stereocenters. The monoisotopic (exact) mass is 819 g/mol. The summed E-state index contributed by atoms with van der Waals surface area (Å²) in [5.74, 6) is 0. The van der Waals surface area contributed by atoms with Gasteiger partial charge in [-0.05, 0) is 113 Å². The molecular formula is C57H36F3N3. The lowest BCUT2D eigenvalue weighted by atomic mass is 9.94. The van der Waals surface area contributed by atoms with Crippen molar-refractivity contribution in [2.24, 2.45) is 0 Å². The maximum absolute atomic E-state index is 14.3. The van der Waals surface area contributed by atoms with E-state index in [2.05, 4.69) is 100 Å². The van der Waals surface area contributed by atoms with E-state index in [9.17, 15) is 18.4 Å². The fourth-order valence-electron chi connectivity index (χ4n) is 9.34. The quantitative estimate of drug-likeness (QED) is 0.165. The lowest BCUT2D eigenvalue weighted by Gasteiger charge is -2.20. The Balaban J connectivity index is 1.22. The van der Waals surface area contributed by atoms with Gasteiger partial charge >= 0.3 is 6.18 Å². The van der Waals surface area contributed by atoms with E-state index in [1.165, 1.54) is 12.1 Å². The Morgan fingerprint density at radius 3 is 1.40 bits per heavy atom. The number of hydrogen-bond donors (Lipinski definition) is 0. The second kappa shape index (κ2) is 14.8. The van der Waals surface area contributed by atoms with Gasteiger partial charge in [0.1, 0.15) is 0 Å². The van der Waals surface area contributed by atoms with Crippen LogP contribution in [-0.2, 0) is 6.18 Å². The number of aromatic nitrogens is 2. The van der Waals surface area contributed by atoms with E-state index in [0.717, 1.165) is 88.4 Å². The predicted octanol–water partition coefficient (Wildman–Crippen LogP) is 15.7. The van der Waals surface area contributed by atoms with Gasteiger partial charge < -0.3 is 9.13 Å². The number of nitrogens with zero attached hydrogens (tertiary/aromatic N) is 3. The summed E-state index contributed by atoms with van der Waals surface area (Å²) in [5, 5.41) is 14.6. The summed E-state index contributed by atoms with van der Waals surface area (Å²) >= 11 is 0. The zero-order valence-corrected chi connectivity index (χ0v) is 34.0. The molecule has 6 heteroatoms. The van der Waals surface area contributed by atoms with Crippen molar-refractivity contribution >= 4 is 43.6 Å². The number of halogens is 3. The van der Waals surface area contributed by atoms with Crippen molar-refractivity contribution in [3.63, 3.8) is 0 Å². The molecule has 63 heavy (non-hydrogen) atoms. The molecule has 0 saturated carbocycles. The van der Waals surface area contributed by atoms with Gasteiger partial charge in [0.25, 0.3) is 0 Å². The molecule has 0 spiro atoms. The Bertz CT molecular complexity index is 3630. The Kier molecular flexibility index (Phi) is 8.88. The summed E-state index contributed by atoms with van der Waals surface area (Å²) < 4.78 is 47.4. The Morgan fingerprint density at radius 1 is 0.397 bits per heavy atom. The van der Waals surface area contributed by atoms with E-state index in [-0.39, 0.29) is 0 Å². The number of fused-ring (bicyclic) bond motifs is 6. The molecule has 2 aromatic heterocycles. The Labute approximate surface area is 361 Å². The SMILES string of the molecule is Cc1cc(-c2ccc(-c3ccc(C#N)cc3-n3c4ccccc4c4cc(-c5ccccc5)ccc43)c(-n3c4ccccc4c4cc(-c5ccccc5)ccc43)c2)cc(C(F)(F)F)c1. The van der Waals surface area contributed by atoms with E-state index in [0.29, 0.717) is 22.3 Å². The summed E-state index contributed by atoms with van der Waals surface area (Å²) in [7, 11) is 0. The molecule has 0 saturated heterocycles. The number of rotatable bonds is 6. The number of hydrogen-bond acceptors (Lipinski definition) is 1. The minimum absolute atomic E-state index is 0.471. The van der Waals surface area contributed by atoms with Gasteiger partial charge in [-0.2, -0.15) is 18.4 Å². The summed E-state index contributed by atoms with van der Waals surface area (Å²) in [6.45, 7) is 1.70. The molecule has 9 aromatic carbocycles. The zero-order chi connectivity index (χ0) is 42.8. The number of para-hydroxylation sites is 2. The molecule has 11 aromatic rings. The predicted molar refractivity (Wildman–Crippen MR) is 251 cm³/mol. The van der Waals surface area contributed by atoms with E-state index in [4.69, 9.17) is 0 Å². The van der Waals surface area contributed by atoms with Gasteiger partial charge in [0.05, 0.1) is 50.6 Å². The molecular weight excluding hydrogens is 784 g/mol. The summed E-state index contributed by atoms with van der Waals surface area (Å²) in [5.41, 5.74) is 13.0. The highest BCUT2D eigenvalue weighted by atomic mass is 19.4. The molecule has 0 fully saturated rings. The fraction of sp³-hybridized carbons (Fsp3) is 0.0351. The van der Waals surface area contributed by atoms with Crippen LogP contribution in [0.4, 0.5) is 13.2 Å². The third-order valence-corrected chi connectivity index (χ3v) is 12.2. The molecule has 0 atom stereocenters. The van der Waals surface area contributed by atoms with Crippen LogP contribution in [0.3, 0.4) is 0 Å². The second-order valence-electron chi connectivity index (χ2n) is 16.1. The zero-order valence-electron chi connectivity index (χ0n) is 34.0. The van der Waals surface area contributed by atoms with Crippen molar-refractivity contribution in [3.8, 4) is 62.0 Å². The normalized spacial score (nSPS) is 11.8. The van der Waals surface area contributed by atoms with E-state index in [1.807, 2.05) is 97.1 Å². The highest BCUT2D eigenvalue weighted by Gasteiger charge is 2.31. The molecule has 0 N–H and O–H groups in total. The van der Waals surface area contributed by atoms with Crippen LogP contribution in [-0.4, -0.2) is 9.13 Å². The number of nitriles is 1. The molecule has 0 aliphatic rings. The van der Waals surface area contributed by atoms with Crippen molar-refractivity contribution in [3.05, 3.63) is 217 Å². The lowest BCUT2D eigenvalue weighted by molar-refractivity contribution is -0.137. The van der Waals surface area contributed by atoms with Crippen molar-refractivity contribution in [2.75, 3.05) is 0 Å². The lowest BCUT2D eigenvalue weighted by Crippen LogP contribution is -2.05. The maximum atomic E-state index is 14.3. The first kappa shape index (κ1) is 37.8. The summed E-state index contributed by atoms with van der Waals surface area (Å²) in [4.78, 5) is 0. The third kappa shape index (κ3) is 6.45. The van der Waals surface area contributed by atoms with Crippen LogP contribution >= 0.6 is 0 Å². The van der Waals surface area contributed by atoms with Crippen LogP contribution in [0.1, 0.15) is 16.7 Å². The molecule has 0 bridgehead atoms. The minimum atomic E-state index is -4.51. The smallest absolute Gasteiger partial charge is 0.309 e.